The molecular formula is C21H23BrN4O3. The highest BCUT2D eigenvalue weighted by Crippen LogP contribution is 2.40. The van der Waals surface area contributed by atoms with Gasteiger partial charge in [0.2, 0.25) is 0 Å². The van der Waals surface area contributed by atoms with Gasteiger partial charge in [-0.3, -0.25) is 9.59 Å². The molecule has 0 aliphatic carbocycles. The first-order chi connectivity index (χ1) is 13.7. The van der Waals surface area contributed by atoms with Crippen molar-refractivity contribution in [2.45, 2.75) is 19.9 Å². The standard InChI is InChI=1S/C21H23BrN4O3/c1-12-16(11-23-13(2)24-12)19(27)17-18(14-6-5-7-15(22)10-14)26(9-8-25(3)4)21(29)20(17)28/h5-7,10-11,18,27H,8-9H2,1-4H3. The number of aliphatic hydroxyl groups excluding tert-OH is 1. The molecule has 7 nitrogen and oxygen atoms in total. The van der Waals surface area contributed by atoms with Gasteiger partial charge in [0.1, 0.15) is 11.6 Å². The summed E-state index contributed by atoms with van der Waals surface area (Å²) in [6, 6.07) is 6.72. The molecule has 8 heteroatoms. The van der Waals surface area contributed by atoms with Crippen LogP contribution >= 0.6 is 15.9 Å². The number of carbonyl (C=O) groups is 2. The van der Waals surface area contributed by atoms with Gasteiger partial charge in [0.25, 0.3) is 11.7 Å². The highest BCUT2D eigenvalue weighted by atomic mass is 79.9. The Hall–Kier alpha value is -2.58. The topological polar surface area (TPSA) is 86.6 Å². The summed E-state index contributed by atoms with van der Waals surface area (Å²) in [5, 5.41) is 11.1. The fourth-order valence-electron chi connectivity index (χ4n) is 3.40. The van der Waals surface area contributed by atoms with Gasteiger partial charge in [0, 0.05) is 23.8 Å². The van der Waals surface area contributed by atoms with E-state index in [9.17, 15) is 14.7 Å². The van der Waals surface area contributed by atoms with Crippen LogP contribution in [0.5, 0.6) is 0 Å². The van der Waals surface area contributed by atoms with Crippen molar-refractivity contribution in [3.05, 3.63) is 63.2 Å². The molecule has 0 radical (unpaired) electrons. The van der Waals surface area contributed by atoms with Crippen LogP contribution < -0.4 is 0 Å². The van der Waals surface area contributed by atoms with Crippen molar-refractivity contribution >= 4 is 33.4 Å². The fourth-order valence-corrected chi connectivity index (χ4v) is 3.82. The fraction of sp³-hybridized carbons (Fsp3) is 0.333. The molecule has 1 atom stereocenters. The second kappa shape index (κ2) is 8.42. The predicted octanol–water partition coefficient (Wildman–Crippen LogP) is 2.84. The Morgan fingerprint density at radius 3 is 2.62 bits per heavy atom. The van der Waals surface area contributed by atoms with E-state index in [1.54, 1.807) is 13.8 Å². The molecule has 0 saturated carbocycles. The number of ketones is 1. The lowest BCUT2D eigenvalue weighted by molar-refractivity contribution is -0.140. The minimum atomic E-state index is -0.703. The van der Waals surface area contributed by atoms with Crippen molar-refractivity contribution in [1.82, 2.24) is 19.8 Å². The van der Waals surface area contributed by atoms with E-state index in [1.807, 2.05) is 43.3 Å². The number of nitrogens with zero attached hydrogens (tertiary/aromatic N) is 4. The Bertz CT molecular complexity index is 1000. The van der Waals surface area contributed by atoms with E-state index in [2.05, 4.69) is 25.9 Å². The smallest absolute Gasteiger partial charge is 0.295 e. The number of benzene rings is 1. The summed E-state index contributed by atoms with van der Waals surface area (Å²) < 4.78 is 0.822. The van der Waals surface area contributed by atoms with Crippen LogP contribution in [0.3, 0.4) is 0 Å². The lowest BCUT2D eigenvalue weighted by Gasteiger charge is -2.26. The summed E-state index contributed by atoms with van der Waals surface area (Å²) in [4.78, 5) is 37.7. The summed E-state index contributed by atoms with van der Waals surface area (Å²) in [6.45, 7) is 4.43. The molecule has 3 rings (SSSR count). The first kappa shape index (κ1) is 21.1. The van der Waals surface area contributed by atoms with Crippen LogP contribution in [0.15, 0.2) is 40.5 Å². The third-order valence-corrected chi connectivity index (χ3v) is 5.34. The van der Waals surface area contributed by atoms with Crippen LogP contribution in [-0.2, 0) is 9.59 Å². The predicted molar refractivity (Wildman–Crippen MR) is 113 cm³/mol. The number of halogens is 1. The van der Waals surface area contributed by atoms with E-state index in [0.29, 0.717) is 30.2 Å². The largest absolute Gasteiger partial charge is 0.507 e. The lowest BCUT2D eigenvalue weighted by Crippen LogP contribution is -2.35. The molecule has 0 spiro atoms. The summed E-state index contributed by atoms with van der Waals surface area (Å²) >= 11 is 3.45. The van der Waals surface area contributed by atoms with Crippen molar-refractivity contribution in [2.24, 2.45) is 0 Å². The maximum absolute atomic E-state index is 12.9. The average molecular weight is 459 g/mol. The van der Waals surface area contributed by atoms with E-state index < -0.39 is 17.7 Å². The summed E-state index contributed by atoms with van der Waals surface area (Å²) in [5.41, 5.74) is 1.69. The van der Waals surface area contributed by atoms with Gasteiger partial charge in [0.05, 0.1) is 22.9 Å². The number of hydrogen-bond donors (Lipinski definition) is 1. The van der Waals surface area contributed by atoms with Gasteiger partial charge < -0.3 is 14.9 Å². The second-order valence-electron chi connectivity index (χ2n) is 7.27. The van der Waals surface area contributed by atoms with E-state index in [1.165, 1.54) is 11.1 Å². The molecule has 1 N–H and O–H groups in total. The number of hydrogen-bond acceptors (Lipinski definition) is 6. The highest BCUT2D eigenvalue weighted by Gasteiger charge is 2.46. The molecule has 1 saturated heterocycles. The number of rotatable bonds is 5. The number of aromatic nitrogens is 2. The van der Waals surface area contributed by atoms with Crippen LogP contribution in [0.1, 0.15) is 28.7 Å². The van der Waals surface area contributed by atoms with Gasteiger partial charge >= 0.3 is 0 Å². The maximum atomic E-state index is 12.9. The molecule has 2 heterocycles. The van der Waals surface area contributed by atoms with Crippen molar-refractivity contribution in [2.75, 3.05) is 27.2 Å². The highest BCUT2D eigenvalue weighted by molar-refractivity contribution is 9.10. The Labute approximate surface area is 178 Å². The van der Waals surface area contributed by atoms with E-state index in [-0.39, 0.29) is 11.3 Å². The van der Waals surface area contributed by atoms with Gasteiger partial charge in [0.15, 0.2) is 0 Å². The van der Waals surface area contributed by atoms with Crippen molar-refractivity contribution < 1.29 is 14.7 Å². The van der Waals surface area contributed by atoms with Gasteiger partial charge in [-0.05, 0) is 45.6 Å². The third-order valence-electron chi connectivity index (χ3n) is 4.85. The normalized spacial score (nSPS) is 18.7. The van der Waals surface area contributed by atoms with E-state index >= 15 is 0 Å². The van der Waals surface area contributed by atoms with Crippen molar-refractivity contribution in [3.8, 4) is 0 Å². The van der Waals surface area contributed by atoms with Crippen LogP contribution in [0, 0.1) is 13.8 Å². The van der Waals surface area contributed by atoms with Crippen LogP contribution in [0.25, 0.3) is 5.76 Å². The summed E-state index contributed by atoms with van der Waals surface area (Å²) in [5.74, 6) is -1.01. The molecule has 1 fully saturated rings. The average Bonchev–Trinajstić information content (AvgIpc) is 2.90. The molecule has 0 bridgehead atoms. The number of aliphatic hydroxyl groups is 1. The number of likely N-dealkylation sites (tertiary alicyclic amines) is 1. The Morgan fingerprint density at radius 2 is 2.00 bits per heavy atom. The third kappa shape index (κ3) is 4.23. The zero-order valence-corrected chi connectivity index (χ0v) is 18.4. The molecule has 1 unspecified atom stereocenters. The van der Waals surface area contributed by atoms with E-state index in [4.69, 9.17) is 0 Å². The molecular weight excluding hydrogens is 436 g/mol. The number of aryl methyl sites for hydroxylation is 2. The molecule has 2 aromatic rings. The minimum Gasteiger partial charge on any atom is -0.507 e. The lowest BCUT2D eigenvalue weighted by atomic mass is 9.95. The quantitative estimate of drug-likeness (QED) is 0.421. The van der Waals surface area contributed by atoms with E-state index in [0.717, 1.165) is 10.0 Å². The Kier molecular flexibility index (Phi) is 6.14. The van der Waals surface area contributed by atoms with Gasteiger partial charge in [-0.25, -0.2) is 9.97 Å². The monoisotopic (exact) mass is 458 g/mol. The summed E-state index contributed by atoms with van der Waals surface area (Å²) in [7, 11) is 3.80. The Balaban J connectivity index is 2.19. The maximum Gasteiger partial charge on any atom is 0.295 e. The first-order valence-electron chi connectivity index (χ1n) is 9.20. The molecule has 1 amide bonds. The molecule has 152 valence electrons. The number of likely N-dealkylation sites (N-methyl/N-ethyl adjacent to an activating group) is 1. The van der Waals surface area contributed by atoms with Gasteiger partial charge in [-0.1, -0.05) is 28.1 Å². The summed E-state index contributed by atoms with van der Waals surface area (Å²) in [6.07, 6.45) is 1.48. The van der Waals surface area contributed by atoms with Crippen molar-refractivity contribution in [1.29, 1.82) is 0 Å². The molecule has 1 aliphatic heterocycles. The number of Topliss-reactive ketones (excluding diaryl/α,β-unsaturated/α-hetero) is 1. The van der Waals surface area contributed by atoms with Crippen molar-refractivity contribution in [3.63, 3.8) is 0 Å². The van der Waals surface area contributed by atoms with Crippen LogP contribution in [0.4, 0.5) is 0 Å². The zero-order chi connectivity index (χ0) is 21.3. The molecule has 29 heavy (non-hydrogen) atoms. The molecule has 1 aliphatic rings. The molecule has 1 aromatic heterocycles. The molecule has 1 aromatic carbocycles. The Morgan fingerprint density at radius 1 is 1.28 bits per heavy atom. The number of amides is 1. The van der Waals surface area contributed by atoms with Gasteiger partial charge in [-0.15, -0.1) is 0 Å². The van der Waals surface area contributed by atoms with Crippen LogP contribution in [-0.4, -0.2) is 63.7 Å². The van der Waals surface area contributed by atoms with Gasteiger partial charge in [-0.2, -0.15) is 0 Å². The number of carbonyl (C=O) groups excluding carboxylic acids is 2. The minimum absolute atomic E-state index is 0.0578. The second-order valence-corrected chi connectivity index (χ2v) is 8.18. The zero-order valence-electron chi connectivity index (χ0n) is 16.8. The SMILES string of the molecule is Cc1ncc(C(O)=C2C(=O)C(=O)N(CCN(C)C)C2c2cccc(Br)c2)c(C)n1. The first-order valence-corrected chi connectivity index (χ1v) is 9.99. The van der Waals surface area contributed by atoms with Crippen LogP contribution in [0.2, 0.25) is 0 Å².